The van der Waals surface area contributed by atoms with E-state index in [2.05, 4.69) is 38.5 Å². The Morgan fingerprint density at radius 2 is 2.14 bits per heavy atom. The van der Waals surface area contributed by atoms with E-state index in [0.717, 1.165) is 9.13 Å². The zero-order valence-corrected chi connectivity index (χ0v) is 11.0. The molecule has 0 saturated carbocycles. The molecule has 3 nitrogen and oxygen atoms in total. The Labute approximate surface area is 103 Å². The fraction of sp³-hybridized carbons (Fsp3) is 0.222. The van der Waals surface area contributed by atoms with Gasteiger partial charge < -0.3 is 10.2 Å². The highest BCUT2D eigenvalue weighted by Gasteiger charge is 2.20. The molecule has 1 aromatic carbocycles. The van der Waals surface area contributed by atoms with E-state index in [1.165, 1.54) is 0 Å². The summed E-state index contributed by atoms with van der Waals surface area (Å²) in [5.41, 5.74) is 1.31. The van der Waals surface area contributed by atoms with Crippen LogP contribution in [0.1, 0.15) is 17.2 Å². The van der Waals surface area contributed by atoms with Gasteiger partial charge in [-0.05, 0) is 57.1 Å². The van der Waals surface area contributed by atoms with Gasteiger partial charge in [0.1, 0.15) is 0 Å². The normalized spacial score (nSPS) is 12.6. The number of hydrogen-bond acceptors (Lipinski definition) is 2. The van der Waals surface area contributed by atoms with Gasteiger partial charge in [-0.3, -0.25) is 0 Å². The van der Waals surface area contributed by atoms with Gasteiger partial charge in [-0.2, -0.15) is 0 Å². The zero-order valence-electron chi connectivity index (χ0n) is 7.29. The molecule has 0 amide bonds. The second-order valence-corrected chi connectivity index (χ2v) is 4.85. The van der Waals surface area contributed by atoms with Crippen molar-refractivity contribution in [2.24, 2.45) is 0 Å². The van der Waals surface area contributed by atoms with E-state index in [1.807, 2.05) is 13.0 Å². The van der Waals surface area contributed by atoms with Crippen LogP contribution in [-0.4, -0.2) is 16.2 Å². The SMILES string of the molecule is Cc1cc(I)c(Br)c(C(O)C(=O)O)c1. The van der Waals surface area contributed by atoms with E-state index < -0.39 is 12.1 Å². The third-order valence-corrected chi connectivity index (χ3v) is 4.21. The van der Waals surface area contributed by atoms with Crippen LogP contribution < -0.4 is 0 Å². The van der Waals surface area contributed by atoms with E-state index >= 15 is 0 Å². The van der Waals surface area contributed by atoms with E-state index in [-0.39, 0.29) is 0 Å². The molecule has 0 bridgehead atoms. The number of aliphatic carboxylic acids is 1. The monoisotopic (exact) mass is 370 g/mol. The molecule has 0 heterocycles. The molecule has 0 saturated heterocycles. The number of carboxylic acid groups (broad SMARTS) is 1. The third kappa shape index (κ3) is 2.46. The summed E-state index contributed by atoms with van der Waals surface area (Å²) in [6.07, 6.45) is -1.47. The maximum Gasteiger partial charge on any atom is 0.337 e. The van der Waals surface area contributed by atoms with Crippen molar-refractivity contribution in [1.82, 2.24) is 0 Å². The molecule has 76 valence electrons. The Morgan fingerprint density at radius 3 is 2.64 bits per heavy atom. The first-order chi connectivity index (χ1) is 6.43. The number of rotatable bonds is 2. The second-order valence-electron chi connectivity index (χ2n) is 2.89. The number of aryl methyl sites for hydroxylation is 1. The first kappa shape index (κ1) is 11.9. The first-order valence-electron chi connectivity index (χ1n) is 3.80. The minimum Gasteiger partial charge on any atom is -0.479 e. The van der Waals surface area contributed by atoms with Gasteiger partial charge in [0.2, 0.25) is 0 Å². The number of aliphatic hydroxyl groups is 1. The number of carboxylic acids is 1. The summed E-state index contributed by atoms with van der Waals surface area (Å²) in [5.74, 6) is -1.24. The highest BCUT2D eigenvalue weighted by Crippen LogP contribution is 2.29. The van der Waals surface area contributed by atoms with Crippen LogP contribution in [0.5, 0.6) is 0 Å². The van der Waals surface area contributed by atoms with Crippen LogP contribution in [0.2, 0.25) is 0 Å². The smallest absolute Gasteiger partial charge is 0.337 e. The summed E-state index contributed by atoms with van der Waals surface area (Å²) in [7, 11) is 0. The average Bonchev–Trinajstić information content (AvgIpc) is 2.09. The summed E-state index contributed by atoms with van der Waals surface area (Å²) in [5, 5.41) is 18.1. The number of halogens is 2. The lowest BCUT2D eigenvalue weighted by Gasteiger charge is -2.10. The fourth-order valence-electron chi connectivity index (χ4n) is 1.08. The molecule has 0 radical (unpaired) electrons. The van der Waals surface area contributed by atoms with Crippen molar-refractivity contribution >= 4 is 44.5 Å². The Hall–Kier alpha value is -0.140. The van der Waals surface area contributed by atoms with Crippen molar-refractivity contribution in [3.05, 3.63) is 31.3 Å². The van der Waals surface area contributed by atoms with E-state index in [1.54, 1.807) is 6.07 Å². The molecular formula is C9H8BrIO3. The quantitative estimate of drug-likeness (QED) is 0.786. The maximum atomic E-state index is 10.6. The molecule has 0 spiro atoms. The third-order valence-electron chi connectivity index (χ3n) is 1.73. The Bertz CT molecular complexity index is 379. The van der Waals surface area contributed by atoms with Crippen LogP contribution >= 0.6 is 38.5 Å². The summed E-state index contributed by atoms with van der Waals surface area (Å²) in [6.45, 7) is 1.85. The van der Waals surface area contributed by atoms with Crippen LogP contribution in [0.3, 0.4) is 0 Å². The van der Waals surface area contributed by atoms with Crippen molar-refractivity contribution in [1.29, 1.82) is 0 Å². The first-order valence-corrected chi connectivity index (χ1v) is 5.67. The zero-order chi connectivity index (χ0) is 10.9. The summed E-state index contributed by atoms with van der Waals surface area (Å²) in [6, 6.07) is 3.56. The topological polar surface area (TPSA) is 57.5 Å². The number of benzene rings is 1. The number of hydrogen-bond donors (Lipinski definition) is 2. The molecule has 2 N–H and O–H groups in total. The molecule has 0 fully saturated rings. The van der Waals surface area contributed by atoms with Crippen LogP contribution in [0.4, 0.5) is 0 Å². The Balaban J connectivity index is 3.26. The Kier molecular flexibility index (Phi) is 3.91. The van der Waals surface area contributed by atoms with Crippen LogP contribution in [-0.2, 0) is 4.79 Å². The standard InChI is InChI=1S/C9H8BrIO3/c1-4-2-5(8(12)9(13)14)7(10)6(11)3-4/h2-3,8,12H,1H3,(H,13,14). The lowest BCUT2D eigenvalue weighted by molar-refractivity contribution is -0.147. The van der Waals surface area contributed by atoms with Gasteiger partial charge in [0, 0.05) is 13.6 Å². The van der Waals surface area contributed by atoms with Gasteiger partial charge in [-0.1, -0.05) is 6.07 Å². The summed E-state index contributed by atoms with van der Waals surface area (Å²) < 4.78 is 1.52. The summed E-state index contributed by atoms with van der Waals surface area (Å²) in [4.78, 5) is 10.6. The maximum absolute atomic E-state index is 10.6. The highest BCUT2D eigenvalue weighted by atomic mass is 127. The van der Waals surface area contributed by atoms with Crippen LogP contribution in [0.15, 0.2) is 16.6 Å². The van der Waals surface area contributed by atoms with Gasteiger partial charge >= 0.3 is 5.97 Å². The van der Waals surface area contributed by atoms with Gasteiger partial charge in [-0.15, -0.1) is 0 Å². The van der Waals surface area contributed by atoms with Crippen LogP contribution in [0.25, 0.3) is 0 Å². The predicted molar refractivity (Wildman–Crippen MR) is 64.2 cm³/mol. The van der Waals surface area contributed by atoms with Gasteiger partial charge in [0.15, 0.2) is 6.10 Å². The van der Waals surface area contributed by atoms with E-state index in [4.69, 9.17) is 5.11 Å². The molecule has 1 rings (SSSR count). The lowest BCUT2D eigenvalue weighted by Crippen LogP contribution is -2.11. The highest BCUT2D eigenvalue weighted by molar-refractivity contribution is 14.1. The molecule has 0 aliphatic carbocycles. The fourth-order valence-corrected chi connectivity index (χ4v) is 2.33. The molecule has 1 aromatic rings. The van der Waals surface area contributed by atoms with Crippen LogP contribution in [0, 0.1) is 10.5 Å². The van der Waals surface area contributed by atoms with Gasteiger partial charge in [0.05, 0.1) is 0 Å². The molecular weight excluding hydrogens is 363 g/mol. The molecule has 1 atom stereocenters. The molecule has 14 heavy (non-hydrogen) atoms. The summed E-state index contributed by atoms with van der Waals surface area (Å²) >= 11 is 5.33. The van der Waals surface area contributed by atoms with Crippen molar-refractivity contribution in [2.45, 2.75) is 13.0 Å². The molecule has 0 aromatic heterocycles. The molecule has 5 heteroatoms. The molecule has 1 unspecified atom stereocenters. The Morgan fingerprint density at radius 1 is 1.57 bits per heavy atom. The average molecular weight is 371 g/mol. The van der Waals surface area contributed by atoms with Crippen molar-refractivity contribution in [2.75, 3.05) is 0 Å². The number of aliphatic hydroxyl groups excluding tert-OH is 1. The molecule has 0 aliphatic rings. The van der Waals surface area contributed by atoms with Crippen molar-refractivity contribution < 1.29 is 15.0 Å². The van der Waals surface area contributed by atoms with Crippen molar-refractivity contribution in [3.63, 3.8) is 0 Å². The van der Waals surface area contributed by atoms with Crippen molar-refractivity contribution in [3.8, 4) is 0 Å². The lowest BCUT2D eigenvalue weighted by atomic mass is 10.1. The second kappa shape index (κ2) is 4.59. The minimum absolute atomic E-state index is 0.391. The van der Waals surface area contributed by atoms with E-state index in [9.17, 15) is 9.90 Å². The molecule has 0 aliphatic heterocycles. The minimum atomic E-state index is -1.47. The van der Waals surface area contributed by atoms with Gasteiger partial charge in [0.25, 0.3) is 0 Å². The van der Waals surface area contributed by atoms with Gasteiger partial charge in [-0.25, -0.2) is 4.79 Å². The van der Waals surface area contributed by atoms with E-state index in [0.29, 0.717) is 10.0 Å². The largest absolute Gasteiger partial charge is 0.479 e. The predicted octanol–water partition coefficient (Wildman–Crippen LogP) is 2.48. The number of carbonyl (C=O) groups is 1.